The smallest absolute Gasteiger partial charge is 0.254 e. The molecule has 33 heavy (non-hydrogen) atoms. The average Bonchev–Trinajstić information content (AvgIpc) is 3.25. The predicted molar refractivity (Wildman–Crippen MR) is 121 cm³/mol. The van der Waals surface area contributed by atoms with Crippen molar-refractivity contribution in [2.45, 2.75) is 31.8 Å². The van der Waals surface area contributed by atoms with E-state index in [4.69, 9.17) is 9.72 Å². The molecule has 166 valence electrons. The van der Waals surface area contributed by atoms with Gasteiger partial charge >= 0.3 is 0 Å². The molecular formula is C24H23N7O2. The second kappa shape index (κ2) is 7.77. The van der Waals surface area contributed by atoms with Crippen molar-refractivity contribution in [1.82, 2.24) is 33.9 Å². The van der Waals surface area contributed by atoms with Gasteiger partial charge in [0.25, 0.3) is 5.91 Å². The Hall–Kier alpha value is -4.14. The molecule has 0 saturated heterocycles. The standard InChI is InChI=1S/C24H23N7O2/c1-33-20-5-7-30-15-26-21(22(30)9-20)11-25-24(32)18-10-27-31(12-18)14-19-13-29-6-4-17(16-2-3-16)8-23(29)28-19/h4-10,12-13,15-16H,2-3,11,14H2,1H3,(H,25,32). The van der Waals surface area contributed by atoms with Gasteiger partial charge in [-0.15, -0.1) is 0 Å². The minimum absolute atomic E-state index is 0.200. The molecule has 9 nitrogen and oxygen atoms in total. The molecule has 1 amide bonds. The molecule has 5 aromatic heterocycles. The maximum absolute atomic E-state index is 12.7. The van der Waals surface area contributed by atoms with E-state index in [1.165, 1.54) is 18.4 Å². The molecule has 0 aromatic carbocycles. The molecule has 5 heterocycles. The highest BCUT2D eigenvalue weighted by Gasteiger charge is 2.23. The minimum Gasteiger partial charge on any atom is -0.497 e. The number of aromatic nitrogens is 6. The molecule has 0 spiro atoms. The van der Waals surface area contributed by atoms with Crippen molar-refractivity contribution < 1.29 is 9.53 Å². The SMILES string of the molecule is COc1ccn2cnc(CNC(=O)c3cnn(Cc4cn5ccc(C6CC6)cc5n4)c3)c2c1. The second-order valence-electron chi connectivity index (χ2n) is 8.39. The first-order chi connectivity index (χ1) is 16.2. The van der Waals surface area contributed by atoms with Gasteiger partial charge in [-0.05, 0) is 42.5 Å². The molecular weight excluding hydrogens is 418 g/mol. The summed E-state index contributed by atoms with van der Waals surface area (Å²) in [6.45, 7) is 0.808. The zero-order chi connectivity index (χ0) is 22.4. The van der Waals surface area contributed by atoms with Gasteiger partial charge in [-0.3, -0.25) is 9.48 Å². The van der Waals surface area contributed by atoms with Gasteiger partial charge in [0.15, 0.2) is 0 Å². The maximum Gasteiger partial charge on any atom is 0.254 e. The Balaban J connectivity index is 1.13. The lowest BCUT2D eigenvalue weighted by Gasteiger charge is -2.04. The summed E-state index contributed by atoms with van der Waals surface area (Å²) >= 11 is 0. The number of carbonyl (C=O) groups excluding carboxylic acids is 1. The highest BCUT2D eigenvalue weighted by atomic mass is 16.5. The van der Waals surface area contributed by atoms with E-state index in [9.17, 15) is 4.79 Å². The van der Waals surface area contributed by atoms with Gasteiger partial charge in [0.2, 0.25) is 0 Å². The van der Waals surface area contributed by atoms with Crippen LogP contribution < -0.4 is 10.1 Å². The summed E-state index contributed by atoms with van der Waals surface area (Å²) in [5.74, 6) is 1.24. The Kier molecular flexibility index (Phi) is 4.60. The van der Waals surface area contributed by atoms with Crippen LogP contribution in [0.2, 0.25) is 0 Å². The van der Waals surface area contributed by atoms with Crippen molar-refractivity contribution in [3.05, 3.63) is 84.1 Å². The molecule has 1 aliphatic carbocycles. The van der Waals surface area contributed by atoms with Gasteiger partial charge in [-0.1, -0.05) is 0 Å². The minimum atomic E-state index is -0.200. The Morgan fingerprint density at radius 3 is 2.91 bits per heavy atom. The Bertz CT molecular complexity index is 1470. The number of fused-ring (bicyclic) bond motifs is 2. The van der Waals surface area contributed by atoms with Crippen molar-refractivity contribution in [3.8, 4) is 5.75 Å². The fraction of sp³-hybridized carbons (Fsp3) is 0.250. The molecule has 0 unspecified atom stereocenters. The summed E-state index contributed by atoms with van der Waals surface area (Å²) in [4.78, 5) is 21.8. The van der Waals surface area contributed by atoms with Crippen LogP contribution in [0.25, 0.3) is 11.2 Å². The van der Waals surface area contributed by atoms with E-state index in [1.807, 2.05) is 33.3 Å². The summed E-state index contributed by atoms with van der Waals surface area (Å²) in [5.41, 5.74) is 5.37. The van der Waals surface area contributed by atoms with Crippen LogP contribution in [-0.4, -0.2) is 41.6 Å². The topological polar surface area (TPSA) is 90.8 Å². The molecule has 1 fully saturated rings. The Labute approximate surface area is 189 Å². The molecule has 1 aliphatic rings. The first-order valence-corrected chi connectivity index (χ1v) is 10.9. The first kappa shape index (κ1) is 19.5. The van der Waals surface area contributed by atoms with Crippen LogP contribution in [0.15, 0.2) is 61.6 Å². The van der Waals surface area contributed by atoms with Gasteiger partial charge in [-0.2, -0.15) is 5.10 Å². The number of ether oxygens (including phenoxy) is 1. The summed E-state index contributed by atoms with van der Waals surface area (Å²) in [7, 11) is 1.62. The molecule has 0 aliphatic heterocycles. The number of hydrogen-bond acceptors (Lipinski definition) is 5. The largest absolute Gasteiger partial charge is 0.497 e. The lowest BCUT2D eigenvalue weighted by molar-refractivity contribution is 0.0950. The van der Waals surface area contributed by atoms with Gasteiger partial charge in [-0.25, -0.2) is 9.97 Å². The van der Waals surface area contributed by atoms with Gasteiger partial charge in [0.1, 0.15) is 11.4 Å². The van der Waals surface area contributed by atoms with Crippen LogP contribution in [0, 0.1) is 0 Å². The second-order valence-corrected chi connectivity index (χ2v) is 8.39. The van der Waals surface area contributed by atoms with E-state index in [0.717, 1.165) is 28.3 Å². The van der Waals surface area contributed by atoms with Crippen molar-refractivity contribution in [1.29, 1.82) is 0 Å². The number of methoxy groups -OCH3 is 1. The van der Waals surface area contributed by atoms with Crippen LogP contribution >= 0.6 is 0 Å². The maximum atomic E-state index is 12.7. The number of pyridine rings is 2. The summed E-state index contributed by atoms with van der Waals surface area (Å²) < 4.78 is 10.9. The predicted octanol–water partition coefficient (Wildman–Crippen LogP) is 3.04. The fourth-order valence-corrected chi connectivity index (χ4v) is 4.08. The van der Waals surface area contributed by atoms with Crippen LogP contribution in [0.1, 0.15) is 46.1 Å². The summed E-state index contributed by atoms with van der Waals surface area (Å²) in [6.07, 6.45) is 13.5. The monoisotopic (exact) mass is 441 g/mol. The number of hydrogen-bond donors (Lipinski definition) is 1. The van der Waals surface area contributed by atoms with E-state index < -0.39 is 0 Å². The number of rotatable bonds is 7. The van der Waals surface area contributed by atoms with Crippen LogP contribution in [-0.2, 0) is 13.1 Å². The third kappa shape index (κ3) is 3.82. The zero-order valence-electron chi connectivity index (χ0n) is 18.2. The molecule has 0 radical (unpaired) electrons. The van der Waals surface area contributed by atoms with Gasteiger partial charge in [0.05, 0.1) is 55.2 Å². The lowest BCUT2D eigenvalue weighted by Crippen LogP contribution is -2.22. The molecule has 6 rings (SSSR count). The molecule has 0 bridgehead atoms. The highest BCUT2D eigenvalue weighted by molar-refractivity contribution is 5.93. The molecule has 9 heteroatoms. The molecule has 1 saturated carbocycles. The Morgan fingerprint density at radius 2 is 2.06 bits per heavy atom. The summed E-state index contributed by atoms with van der Waals surface area (Å²) in [5, 5.41) is 7.27. The normalized spacial score (nSPS) is 13.6. The van der Waals surface area contributed by atoms with E-state index in [2.05, 4.69) is 33.7 Å². The number of imidazole rings is 2. The third-order valence-corrected chi connectivity index (χ3v) is 6.04. The third-order valence-electron chi connectivity index (χ3n) is 6.04. The first-order valence-electron chi connectivity index (χ1n) is 10.9. The van der Waals surface area contributed by atoms with Gasteiger partial charge in [0, 0.05) is 30.9 Å². The molecule has 5 aromatic rings. The van der Waals surface area contributed by atoms with E-state index in [-0.39, 0.29) is 5.91 Å². The molecule has 0 atom stereocenters. The summed E-state index contributed by atoms with van der Waals surface area (Å²) in [6, 6.07) is 8.10. The van der Waals surface area contributed by atoms with Crippen LogP contribution in [0.4, 0.5) is 0 Å². The van der Waals surface area contributed by atoms with E-state index in [0.29, 0.717) is 24.6 Å². The van der Waals surface area contributed by atoms with Crippen molar-refractivity contribution in [2.24, 2.45) is 0 Å². The van der Waals surface area contributed by atoms with Crippen molar-refractivity contribution >= 4 is 17.1 Å². The van der Waals surface area contributed by atoms with Crippen LogP contribution in [0.3, 0.4) is 0 Å². The highest BCUT2D eigenvalue weighted by Crippen LogP contribution is 2.40. The Morgan fingerprint density at radius 1 is 1.18 bits per heavy atom. The van der Waals surface area contributed by atoms with E-state index in [1.54, 1.807) is 30.5 Å². The fourth-order valence-electron chi connectivity index (χ4n) is 4.08. The van der Waals surface area contributed by atoms with Gasteiger partial charge < -0.3 is 18.9 Å². The number of nitrogens with zero attached hydrogens (tertiary/aromatic N) is 6. The lowest BCUT2D eigenvalue weighted by atomic mass is 10.2. The van der Waals surface area contributed by atoms with Crippen LogP contribution in [0.5, 0.6) is 5.75 Å². The number of carbonyl (C=O) groups is 1. The van der Waals surface area contributed by atoms with Crippen molar-refractivity contribution in [3.63, 3.8) is 0 Å². The number of nitrogens with one attached hydrogen (secondary N) is 1. The average molecular weight is 441 g/mol. The quantitative estimate of drug-likeness (QED) is 0.419. The van der Waals surface area contributed by atoms with Crippen molar-refractivity contribution in [2.75, 3.05) is 7.11 Å². The number of amides is 1. The molecule has 1 N–H and O–H groups in total. The van der Waals surface area contributed by atoms with E-state index >= 15 is 0 Å². The zero-order valence-corrected chi connectivity index (χ0v) is 18.2.